The maximum absolute atomic E-state index is 14.6. The molecule has 3 fully saturated rings. The average Bonchev–Trinajstić information content (AvgIpc) is 3.45. The fraction of sp³-hybridized carbons (Fsp3) is 0.316. The smallest absolute Gasteiger partial charge is 0.416 e. The average molecular weight is 761 g/mol. The molecule has 0 aromatic heterocycles. The van der Waals surface area contributed by atoms with Gasteiger partial charge in [0.2, 0.25) is 23.6 Å². The van der Waals surface area contributed by atoms with Crippen LogP contribution < -0.4 is 9.80 Å². The Labute approximate surface area is 302 Å². The molecule has 6 atom stereocenters. The normalized spacial score (nSPS) is 27.1. The van der Waals surface area contributed by atoms with Crippen LogP contribution in [0.4, 0.5) is 42.1 Å². The minimum Gasteiger partial charge on any atom is -0.507 e. The van der Waals surface area contributed by atoms with Crippen LogP contribution in [-0.4, -0.2) is 28.7 Å². The topological polar surface area (TPSA) is 95.0 Å². The first kappa shape index (κ1) is 36.4. The molecule has 1 N–H and O–H groups in total. The van der Waals surface area contributed by atoms with E-state index in [9.17, 15) is 55.0 Å². The third-order valence-corrected chi connectivity index (χ3v) is 11.4. The molecule has 15 heteroatoms. The first-order valence-electron chi connectivity index (χ1n) is 16.4. The molecule has 4 aliphatic rings. The first-order chi connectivity index (χ1) is 24.8. The summed E-state index contributed by atoms with van der Waals surface area (Å²) in [5.74, 6) is -10.4. The number of phenols is 1. The summed E-state index contributed by atoms with van der Waals surface area (Å²) in [4.78, 5) is 58.3. The molecule has 3 aromatic rings. The highest BCUT2D eigenvalue weighted by Crippen LogP contribution is 2.64. The molecule has 53 heavy (non-hydrogen) atoms. The van der Waals surface area contributed by atoms with E-state index in [-0.39, 0.29) is 47.4 Å². The van der Waals surface area contributed by atoms with Gasteiger partial charge in [0.15, 0.2) is 0 Å². The minimum absolute atomic E-state index is 0.0384. The number of halogens is 8. The number of benzene rings is 3. The lowest BCUT2D eigenvalue weighted by Crippen LogP contribution is -2.49. The summed E-state index contributed by atoms with van der Waals surface area (Å²) in [6, 6.07) is 8.59. The number of phenolic OH excluding ortho intramolecular Hbond substituents is 1. The van der Waals surface area contributed by atoms with Crippen molar-refractivity contribution in [2.24, 2.45) is 29.1 Å². The summed E-state index contributed by atoms with van der Waals surface area (Å²) in [5, 5.41) is 11.2. The summed E-state index contributed by atoms with van der Waals surface area (Å²) in [5.41, 5.74) is -4.96. The number of carbonyl (C=O) groups is 4. The molecule has 276 valence electrons. The highest BCUT2D eigenvalue weighted by Gasteiger charge is 2.68. The highest BCUT2D eigenvalue weighted by molar-refractivity contribution is 6.32. The zero-order valence-corrected chi connectivity index (χ0v) is 28.3. The van der Waals surface area contributed by atoms with Gasteiger partial charge >= 0.3 is 12.4 Å². The van der Waals surface area contributed by atoms with Crippen molar-refractivity contribution in [2.75, 3.05) is 9.80 Å². The molecule has 4 amide bonds. The predicted molar refractivity (Wildman–Crippen MR) is 177 cm³/mol. The van der Waals surface area contributed by atoms with E-state index in [1.807, 2.05) is 0 Å². The summed E-state index contributed by atoms with van der Waals surface area (Å²) in [6.45, 7) is 5.24. The monoisotopic (exact) mass is 760 g/mol. The molecule has 2 aliphatic carbocycles. The van der Waals surface area contributed by atoms with Crippen LogP contribution in [0.2, 0.25) is 5.02 Å². The molecule has 2 saturated heterocycles. The SMILES string of the molecule is C=CCc1cccc(C2C3=CCC4C(=O)N(c5cc(C(F)(F)F)cc(C(F)(F)F)c5)C(=O)C4C3CC3C(=O)N(c4ccc(F)c(Cl)c4)C(=O)C32C)c1O. The number of hydrogen-bond acceptors (Lipinski definition) is 5. The van der Waals surface area contributed by atoms with E-state index in [0.29, 0.717) is 28.2 Å². The highest BCUT2D eigenvalue weighted by atomic mass is 35.5. The number of rotatable bonds is 5. The molecule has 7 nitrogen and oxygen atoms in total. The van der Waals surface area contributed by atoms with Crippen molar-refractivity contribution in [1.82, 2.24) is 0 Å². The van der Waals surface area contributed by atoms with Gasteiger partial charge in [-0.2, -0.15) is 26.3 Å². The molecule has 1 saturated carbocycles. The standard InChI is InChI=1S/C38H28ClF7N2O5/c1-3-5-17-6-4-7-24(31(17)49)30-22-9-10-23-29(34(52)47(32(23)50)21-13-18(37(41,42)43)12-19(14-21)38(44,45)46)25(22)16-26-33(51)48(35(53)36(26,30)2)20-8-11-28(40)27(39)15-20/h3-4,6-9,11-15,23,25-26,29-30,49H,1,5,10,16H2,2H3. The van der Waals surface area contributed by atoms with E-state index in [0.717, 1.165) is 17.0 Å². The Kier molecular flexibility index (Phi) is 8.44. The van der Waals surface area contributed by atoms with Gasteiger partial charge in [0.25, 0.3) is 0 Å². The van der Waals surface area contributed by atoms with Gasteiger partial charge in [-0.3, -0.25) is 19.2 Å². The maximum Gasteiger partial charge on any atom is 0.416 e. The van der Waals surface area contributed by atoms with Crippen LogP contribution in [0.15, 0.2) is 78.9 Å². The molecule has 6 unspecified atom stereocenters. The van der Waals surface area contributed by atoms with Crippen LogP contribution in [0, 0.1) is 34.9 Å². The number of imide groups is 2. The van der Waals surface area contributed by atoms with Crippen molar-refractivity contribution in [3.05, 3.63) is 112 Å². The molecule has 0 spiro atoms. The molecule has 0 radical (unpaired) electrons. The summed E-state index contributed by atoms with van der Waals surface area (Å²) >= 11 is 6.02. The number of amides is 4. The Bertz CT molecular complexity index is 2130. The van der Waals surface area contributed by atoms with Gasteiger partial charge in [-0.1, -0.05) is 47.5 Å². The first-order valence-corrected chi connectivity index (χ1v) is 16.8. The van der Waals surface area contributed by atoms with Crippen molar-refractivity contribution in [3.63, 3.8) is 0 Å². The van der Waals surface area contributed by atoms with Crippen molar-refractivity contribution in [3.8, 4) is 5.75 Å². The second kappa shape index (κ2) is 12.3. The van der Waals surface area contributed by atoms with E-state index < -0.39 is 93.6 Å². The van der Waals surface area contributed by atoms with Crippen LogP contribution in [0.5, 0.6) is 5.75 Å². The maximum atomic E-state index is 14.6. The Balaban J connectivity index is 1.38. The van der Waals surface area contributed by atoms with Crippen molar-refractivity contribution < 1.29 is 55.0 Å². The van der Waals surface area contributed by atoms with Crippen molar-refractivity contribution in [1.29, 1.82) is 0 Å². The Morgan fingerprint density at radius 2 is 1.55 bits per heavy atom. The lowest BCUT2D eigenvalue weighted by Gasteiger charge is -2.49. The lowest BCUT2D eigenvalue weighted by atomic mass is 9.51. The number of anilines is 2. The number of aromatic hydroxyl groups is 1. The van der Waals surface area contributed by atoms with Gasteiger partial charge in [-0.25, -0.2) is 14.2 Å². The second-order valence-electron chi connectivity index (χ2n) is 13.9. The second-order valence-corrected chi connectivity index (χ2v) is 14.3. The zero-order chi connectivity index (χ0) is 38.5. The zero-order valence-electron chi connectivity index (χ0n) is 27.6. The summed E-state index contributed by atoms with van der Waals surface area (Å²) < 4.78 is 96.9. The van der Waals surface area contributed by atoms with E-state index >= 15 is 0 Å². The molecule has 7 rings (SSSR count). The van der Waals surface area contributed by atoms with Gasteiger partial charge in [0.1, 0.15) is 11.6 Å². The third kappa shape index (κ3) is 5.47. The van der Waals surface area contributed by atoms with Gasteiger partial charge in [-0.15, -0.1) is 6.58 Å². The number of allylic oxidation sites excluding steroid dienone is 3. The fourth-order valence-corrected chi connectivity index (χ4v) is 8.89. The Hall–Kier alpha value is -4.98. The number of carbonyl (C=O) groups excluding carboxylic acids is 4. The van der Waals surface area contributed by atoms with Gasteiger partial charge < -0.3 is 5.11 Å². The van der Waals surface area contributed by atoms with Gasteiger partial charge in [0.05, 0.1) is 50.7 Å². The van der Waals surface area contributed by atoms with Crippen molar-refractivity contribution in [2.45, 2.75) is 44.5 Å². The summed E-state index contributed by atoms with van der Waals surface area (Å²) in [6.07, 6.45) is -7.53. The van der Waals surface area contributed by atoms with Gasteiger partial charge in [-0.05, 0) is 74.1 Å². The lowest BCUT2D eigenvalue weighted by molar-refractivity contribution is -0.143. The van der Waals surface area contributed by atoms with E-state index in [2.05, 4.69) is 6.58 Å². The van der Waals surface area contributed by atoms with E-state index in [4.69, 9.17) is 11.6 Å². The minimum atomic E-state index is -5.25. The molecule has 2 aliphatic heterocycles. The number of para-hydroxylation sites is 1. The van der Waals surface area contributed by atoms with Crippen molar-refractivity contribution >= 4 is 46.6 Å². The Morgan fingerprint density at radius 1 is 0.887 bits per heavy atom. The predicted octanol–water partition coefficient (Wildman–Crippen LogP) is 8.39. The van der Waals surface area contributed by atoms with Crippen LogP contribution in [-0.2, 0) is 38.0 Å². The Morgan fingerprint density at radius 3 is 2.15 bits per heavy atom. The molecule has 3 aromatic carbocycles. The molecule has 0 bridgehead atoms. The van der Waals surface area contributed by atoms with Gasteiger partial charge in [0, 0.05) is 11.5 Å². The molecular formula is C38H28ClF7N2O5. The number of nitrogens with zero attached hydrogens (tertiary/aromatic N) is 2. The van der Waals surface area contributed by atoms with Crippen LogP contribution in [0.25, 0.3) is 0 Å². The quantitative estimate of drug-likeness (QED) is 0.160. The number of alkyl halides is 6. The largest absolute Gasteiger partial charge is 0.507 e. The van der Waals surface area contributed by atoms with Crippen LogP contribution in [0.3, 0.4) is 0 Å². The van der Waals surface area contributed by atoms with E-state index in [1.54, 1.807) is 24.3 Å². The third-order valence-electron chi connectivity index (χ3n) is 11.1. The summed E-state index contributed by atoms with van der Waals surface area (Å²) in [7, 11) is 0. The molecule has 2 heterocycles. The molecular weight excluding hydrogens is 733 g/mol. The number of hydrogen-bond donors (Lipinski definition) is 1. The number of fused-ring (bicyclic) bond motifs is 4. The van der Waals surface area contributed by atoms with Crippen LogP contribution in [0.1, 0.15) is 47.9 Å². The fourth-order valence-electron chi connectivity index (χ4n) is 8.72. The van der Waals surface area contributed by atoms with E-state index in [1.165, 1.54) is 19.1 Å². The van der Waals surface area contributed by atoms with Crippen LogP contribution >= 0.6 is 11.6 Å².